The van der Waals surface area contributed by atoms with Crippen molar-refractivity contribution in [2.45, 2.75) is 19.8 Å². The number of fused-ring (bicyclic) bond motifs is 1. The van der Waals surface area contributed by atoms with E-state index in [1.54, 1.807) is 12.3 Å². The van der Waals surface area contributed by atoms with E-state index in [9.17, 15) is 14.0 Å². The first-order chi connectivity index (χ1) is 11.3. The Morgan fingerprint density at radius 2 is 2.08 bits per heavy atom. The molecule has 3 rings (SSSR count). The largest absolute Gasteiger partial charge is 0.363 e. The Morgan fingerprint density at radius 3 is 2.75 bits per heavy atom. The number of nitrogens with one attached hydrogen (secondary N) is 2. The fourth-order valence-corrected chi connectivity index (χ4v) is 2.88. The Hall–Kier alpha value is -2.32. The lowest BCUT2D eigenvalue weighted by Gasteiger charge is -2.16. The number of hydrogen-bond donors (Lipinski definition) is 2. The van der Waals surface area contributed by atoms with Gasteiger partial charge in [0.05, 0.1) is 15.6 Å². The molecule has 3 aromatic heterocycles. The van der Waals surface area contributed by atoms with E-state index in [1.165, 1.54) is 0 Å². The molecule has 0 amide bonds. The summed E-state index contributed by atoms with van der Waals surface area (Å²) in [4.78, 5) is 33.6. The highest BCUT2D eigenvalue weighted by molar-refractivity contribution is 7.71. The number of halogens is 2. The molecule has 0 aliphatic rings. The number of rotatable bonds is 2. The van der Waals surface area contributed by atoms with Crippen LogP contribution < -0.4 is 11.2 Å². The third-order valence-electron chi connectivity index (χ3n) is 3.56. The Labute approximate surface area is 145 Å². The molecule has 0 radical (unpaired) electrons. The maximum absolute atomic E-state index is 13.7. The van der Waals surface area contributed by atoms with E-state index in [4.69, 9.17) is 23.8 Å². The zero-order valence-corrected chi connectivity index (χ0v) is 14.3. The van der Waals surface area contributed by atoms with Gasteiger partial charge < -0.3 is 4.98 Å². The summed E-state index contributed by atoms with van der Waals surface area (Å²) in [7, 11) is 0. The number of H-pyrrole nitrogens is 2. The Kier molecular flexibility index (Phi) is 4.10. The van der Waals surface area contributed by atoms with E-state index in [-0.39, 0.29) is 17.0 Å². The highest BCUT2D eigenvalue weighted by Gasteiger charge is 2.18. The molecule has 0 unspecified atom stereocenters. The first-order valence-electron chi connectivity index (χ1n) is 7.04. The summed E-state index contributed by atoms with van der Waals surface area (Å²) in [5.41, 5.74) is -0.464. The highest BCUT2D eigenvalue weighted by Crippen LogP contribution is 2.24. The summed E-state index contributed by atoms with van der Waals surface area (Å²) in [6.07, 6.45) is 1.67. The van der Waals surface area contributed by atoms with E-state index < -0.39 is 22.2 Å². The molecular formula is C15H12ClFN4O2S. The van der Waals surface area contributed by atoms with Gasteiger partial charge in [-0.15, -0.1) is 0 Å². The van der Waals surface area contributed by atoms with Crippen molar-refractivity contribution in [3.05, 3.63) is 60.3 Å². The van der Waals surface area contributed by atoms with Gasteiger partial charge in [-0.25, -0.2) is 18.7 Å². The molecule has 0 aromatic carbocycles. The fraction of sp³-hybridized carbons (Fsp3) is 0.200. The average Bonchev–Trinajstić information content (AvgIpc) is 2.50. The van der Waals surface area contributed by atoms with Crippen molar-refractivity contribution in [1.82, 2.24) is 19.5 Å². The van der Waals surface area contributed by atoms with Crippen molar-refractivity contribution in [2.24, 2.45) is 0 Å². The molecule has 24 heavy (non-hydrogen) atoms. The second-order valence-corrected chi connectivity index (χ2v) is 6.28. The fourth-order valence-electron chi connectivity index (χ4n) is 2.48. The molecule has 3 heterocycles. The molecule has 9 heteroatoms. The molecule has 0 bridgehead atoms. The normalized spacial score (nSPS) is 11.4. The molecule has 0 spiro atoms. The summed E-state index contributed by atoms with van der Waals surface area (Å²) in [5.74, 6) is -0.838. The Morgan fingerprint density at radius 1 is 1.38 bits per heavy atom. The van der Waals surface area contributed by atoms with Crippen molar-refractivity contribution in [2.75, 3.05) is 0 Å². The van der Waals surface area contributed by atoms with Crippen LogP contribution in [0.2, 0.25) is 5.15 Å². The standard InChI is InChI=1S/C15H12ClFN4O2S/c1-6(2)10-11(9(24)3-4-18-10)21-13-7(14(22)20-15(21)23)5-8(17)12(16)19-13/h3-6H,1-2H3,(H,18,24)(H,20,22,23). The molecule has 2 N–H and O–H groups in total. The van der Waals surface area contributed by atoms with Crippen LogP contribution in [-0.4, -0.2) is 19.5 Å². The van der Waals surface area contributed by atoms with Crippen LogP contribution in [0.3, 0.4) is 0 Å². The number of pyridine rings is 2. The van der Waals surface area contributed by atoms with Crippen LogP contribution in [0.15, 0.2) is 27.9 Å². The van der Waals surface area contributed by atoms with Crippen molar-refractivity contribution < 1.29 is 4.39 Å². The summed E-state index contributed by atoms with van der Waals surface area (Å²) >= 11 is 11.1. The summed E-state index contributed by atoms with van der Waals surface area (Å²) in [6.45, 7) is 3.84. The Bertz CT molecular complexity index is 1130. The molecule has 0 atom stereocenters. The minimum atomic E-state index is -0.845. The maximum Gasteiger partial charge on any atom is 0.334 e. The number of hydrogen-bond acceptors (Lipinski definition) is 4. The molecule has 0 aliphatic heterocycles. The SMILES string of the molecule is CC(C)c1[nH]ccc(=S)c1-n1c(=O)[nH]c(=O)c2cc(F)c(Cl)nc21. The zero-order chi connectivity index (χ0) is 17.6. The molecule has 0 fully saturated rings. The van der Waals surface area contributed by atoms with E-state index in [0.717, 1.165) is 10.6 Å². The smallest absolute Gasteiger partial charge is 0.334 e. The summed E-state index contributed by atoms with van der Waals surface area (Å²) in [5, 5.41) is -0.525. The average molecular weight is 367 g/mol. The lowest BCUT2D eigenvalue weighted by Crippen LogP contribution is -2.31. The predicted molar refractivity (Wildman–Crippen MR) is 92.2 cm³/mol. The van der Waals surface area contributed by atoms with E-state index >= 15 is 0 Å². The third-order valence-corrected chi connectivity index (χ3v) is 4.15. The van der Waals surface area contributed by atoms with Crippen LogP contribution in [0.5, 0.6) is 0 Å². The van der Waals surface area contributed by atoms with Crippen LogP contribution >= 0.6 is 23.8 Å². The van der Waals surface area contributed by atoms with Crippen LogP contribution in [0.25, 0.3) is 16.7 Å². The van der Waals surface area contributed by atoms with E-state index in [0.29, 0.717) is 15.9 Å². The minimum Gasteiger partial charge on any atom is -0.363 e. The van der Waals surface area contributed by atoms with Crippen molar-refractivity contribution >= 4 is 34.9 Å². The molecule has 0 saturated heterocycles. The van der Waals surface area contributed by atoms with Gasteiger partial charge in [-0.2, -0.15) is 0 Å². The Balaban J connectivity index is 2.58. The van der Waals surface area contributed by atoms with Gasteiger partial charge in [-0.3, -0.25) is 9.78 Å². The van der Waals surface area contributed by atoms with Crippen molar-refractivity contribution in [3.63, 3.8) is 0 Å². The molecular weight excluding hydrogens is 355 g/mol. The third kappa shape index (κ3) is 2.57. The zero-order valence-electron chi connectivity index (χ0n) is 12.7. The lowest BCUT2D eigenvalue weighted by molar-refractivity contribution is 0.623. The van der Waals surface area contributed by atoms with Crippen LogP contribution in [-0.2, 0) is 0 Å². The van der Waals surface area contributed by atoms with Gasteiger partial charge in [0.25, 0.3) is 5.56 Å². The van der Waals surface area contributed by atoms with Gasteiger partial charge in [0.1, 0.15) is 0 Å². The van der Waals surface area contributed by atoms with Gasteiger partial charge in [-0.1, -0.05) is 37.7 Å². The van der Waals surface area contributed by atoms with E-state index in [2.05, 4.69) is 15.0 Å². The maximum atomic E-state index is 13.7. The van der Waals surface area contributed by atoms with Crippen molar-refractivity contribution in [1.29, 1.82) is 0 Å². The lowest BCUT2D eigenvalue weighted by atomic mass is 10.1. The number of nitrogens with zero attached hydrogens (tertiary/aromatic N) is 2. The van der Waals surface area contributed by atoms with Crippen LogP contribution in [0.4, 0.5) is 4.39 Å². The molecule has 6 nitrogen and oxygen atoms in total. The predicted octanol–water partition coefficient (Wildman–Crippen LogP) is 3.05. The second kappa shape index (κ2) is 5.95. The summed E-state index contributed by atoms with van der Waals surface area (Å²) < 4.78 is 15.2. The number of aromatic nitrogens is 4. The minimum absolute atomic E-state index is 0.00713. The van der Waals surface area contributed by atoms with Gasteiger partial charge in [-0.05, 0) is 18.1 Å². The van der Waals surface area contributed by atoms with E-state index in [1.807, 2.05) is 13.8 Å². The highest BCUT2D eigenvalue weighted by atomic mass is 35.5. The van der Waals surface area contributed by atoms with Gasteiger partial charge >= 0.3 is 5.69 Å². The van der Waals surface area contributed by atoms with Gasteiger partial charge in [0.15, 0.2) is 16.6 Å². The topological polar surface area (TPSA) is 83.5 Å². The molecule has 0 aliphatic carbocycles. The van der Waals surface area contributed by atoms with Crippen molar-refractivity contribution in [3.8, 4) is 5.69 Å². The monoisotopic (exact) mass is 366 g/mol. The summed E-state index contributed by atoms with van der Waals surface area (Å²) in [6, 6.07) is 2.56. The van der Waals surface area contributed by atoms with Gasteiger partial charge in [0.2, 0.25) is 0 Å². The molecule has 124 valence electrons. The van der Waals surface area contributed by atoms with Gasteiger partial charge in [0, 0.05) is 11.9 Å². The first-order valence-corrected chi connectivity index (χ1v) is 7.83. The molecule has 3 aromatic rings. The number of aromatic amines is 2. The molecule has 0 saturated carbocycles. The van der Waals surface area contributed by atoms with Crippen LogP contribution in [0.1, 0.15) is 25.5 Å². The van der Waals surface area contributed by atoms with Crippen LogP contribution in [0, 0.1) is 10.3 Å². The quantitative estimate of drug-likeness (QED) is 0.539. The first kappa shape index (κ1) is 16.5. The second-order valence-electron chi connectivity index (χ2n) is 5.49.